The zero-order valence-corrected chi connectivity index (χ0v) is 12.4. The number of nitrogens with zero attached hydrogens (tertiary/aromatic N) is 2. The van der Waals surface area contributed by atoms with Gasteiger partial charge in [-0.25, -0.2) is 4.98 Å². The van der Waals surface area contributed by atoms with Crippen LogP contribution in [0.2, 0.25) is 0 Å². The Kier molecular flexibility index (Phi) is 4.24. The van der Waals surface area contributed by atoms with Gasteiger partial charge in [0.1, 0.15) is 5.82 Å². The summed E-state index contributed by atoms with van der Waals surface area (Å²) in [5.74, 6) is 1.60. The first-order chi connectivity index (χ1) is 9.79. The summed E-state index contributed by atoms with van der Waals surface area (Å²) < 4.78 is 13.5. The topological polar surface area (TPSA) is 36.3 Å². The number of alkyl halides is 1. The zero-order valence-electron chi connectivity index (χ0n) is 11.6. The molecule has 20 heavy (non-hydrogen) atoms. The van der Waals surface area contributed by atoms with Crippen molar-refractivity contribution in [2.75, 3.05) is 25.7 Å². The highest BCUT2D eigenvalue weighted by Gasteiger charge is 2.19. The maximum atomic E-state index is 5.91. The third kappa shape index (κ3) is 2.68. The number of ether oxygens (including phenoxy) is 2. The van der Waals surface area contributed by atoms with Gasteiger partial charge in [-0.1, -0.05) is 12.1 Å². The normalized spacial score (nSPS) is 19.6. The lowest BCUT2D eigenvalue weighted by Crippen LogP contribution is -2.32. The Morgan fingerprint density at radius 3 is 3.05 bits per heavy atom. The third-order valence-corrected chi connectivity index (χ3v) is 3.84. The van der Waals surface area contributed by atoms with Crippen molar-refractivity contribution in [2.45, 2.75) is 26.0 Å². The minimum atomic E-state index is 0.0933. The van der Waals surface area contributed by atoms with E-state index >= 15 is 0 Å². The summed E-state index contributed by atoms with van der Waals surface area (Å²) in [6.07, 6.45) is 0.860. The van der Waals surface area contributed by atoms with E-state index in [4.69, 9.17) is 26.1 Å². The molecule has 108 valence electrons. The molecule has 1 unspecified atom stereocenters. The summed E-state index contributed by atoms with van der Waals surface area (Å²) in [5.41, 5.74) is 3.40. The van der Waals surface area contributed by atoms with Crippen LogP contribution in [0, 0.1) is 6.92 Å². The molecule has 0 bridgehead atoms. The van der Waals surface area contributed by atoms with E-state index in [1.807, 2.05) is 0 Å². The van der Waals surface area contributed by atoms with Crippen molar-refractivity contribution in [2.24, 2.45) is 0 Å². The van der Waals surface area contributed by atoms with Gasteiger partial charge in [-0.2, -0.15) is 0 Å². The second-order valence-electron chi connectivity index (χ2n) is 5.09. The van der Waals surface area contributed by atoms with Crippen LogP contribution in [0.3, 0.4) is 0 Å². The summed E-state index contributed by atoms with van der Waals surface area (Å²) >= 11 is 5.91. The molecule has 3 rings (SSSR count). The number of fused-ring (bicyclic) bond motifs is 1. The number of imidazole rings is 1. The first-order valence-corrected chi connectivity index (χ1v) is 7.53. The second-order valence-corrected chi connectivity index (χ2v) is 5.47. The van der Waals surface area contributed by atoms with Crippen molar-refractivity contribution in [1.29, 1.82) is 0 Å². The fraction of sp³-hybridized carbons (Fsp3) is 0.533. The molecule has 2 heterocycles. The fourth-order valence-electron chi connectivity index (χ4n) is 2.66. The number of halogens is 1. The lowest BCUT2D eigenvalue weighted by atomic mass is 10.2. The van der Waals surface area contributed by atoms with E-state index in [1.165, 1.54) is 5.56 Å². The van der Waals surface area contributed by atoms with Gasteiger partial charge in [0.2, 0.25) is 0 Å². The molecular formula is C15H19ClN2O2. The van der Waals surface area contributed by atoms with Crippen LogP contribution in [-0.2, 0) is 22.4 Å². The van der Waals surface area contributed by atoms with Gasteiger partial charge in [0, 0.05) is 12.3 Å². The Morgan fingerprint density at radius 1 is 1.40 bits per heavy atom. The molecule has 1 aromatic carbocycles. The van der Waals surface area contributed by atoms with Gasteiger partial charge in [-0.15, -0.1) is 11.6 Å². The predicted octanol–water partition coefficient (Wildman–Crippen LogP) is 2.54. The Morgan fingerprint density at radius 2 is 2.30 bits per heavy atom. The largest absolute Gasteiger partial charge is 0.376 e. The molecule has 1 aliphatic heterocycles. The molecule has 0 saturated carbocycles. The molecule has 0 radical (unpaired) electrons. The Labute approximate surface area is 123 Å². The number of para-hydroxylation sites is 1. The van der Waals surface area contributed by atoms with Crippen LogP contribution < -0.4 is 0 Å². The molecule has 1 fully saturated rings. The Hall–Kier alpha value is -1.10. The van der Waals surface area contributed by atoms with E-state index in [-0.39, 0.29) is 6.10 Å². The van der Waals surface area contributed by atoms with Crippen LogP contribution in [0.25, 0.3) is 11.0 Å². The van der Waals surface area contributed by atoms with E-state index in [0.29, 0.717) is 25.7 Å². The zero-order chi connectivity index (χ0) is 13.9. The molecule has 0 amide bonds. The highest BCUT2D eigenvalue weighted by Crippen LogP contribution is 2.21. The first-order valence-electron chi connectivity index (χ1n) is 6.99. The Balaban J connectivity index is 1.97. The molecule has 0 N–H and O–H groups in total. The highest BCUT2D eigenvalue weighted by molar-refractivity contribution is 6.17. The van der Waals surface area contributed by atoms with Crippen LogP contribution in [0.5, 0.6) is 0 Å². The van der Waals surface area contributed by atoms with Crippen molar-refractivity contribution in [3.63, 3.8) is 0 Å². The smallest absolute Gasteiger partial charge is 0.111 e. The highest BCUT2D eigenvalue weighted by atomic mass is 35.5. The van der Waals surface area contributed by atoms with Crippen LogP contribution in [0.4, 0.5) is 0 Å². The molecule has 2 aromatic rings. The number of hydrogen-bond donors (Lipinski definition) is 0. The summed E-state index contributed by atoms with van der Waals surface area (Å²) in [6, 6.07) is 6.26. The van der Waals surface area contributed by atoms with Gasteiger partial charge in [-0.05, 0) is 18.6 Å². The van der Waals surface area contributed by atoms with Crippen molar-refractivity contribution in [1.82, 2.24) is 9.55 Å². The molecule has 0 spiro atoms. The van der Waals surface area contributed by atoms with Crippen LogP contribution in [-0.4, -0.2) is 41.4 Å². The fourth-order valence-corrected chi connectivity index (χ4v) is 2.83. The first kappa shape index (κ1) is 13.9. The maximum Gasteiger partial charge on any atom is 0.111 e. The number of benzene rings is 1. The molecule has 5 heteroatoms. The third-order valence-electron chi connectivity index (χ3n) is 3.65. The molecule has 0 aliphatic carbocycles. The molecule has 1 aliphatic rings. The van der Waals surface area contributed by atoms with Gasteiger partial charge in [-0.3, -0.25) is 0 Å². The summed E-state index contributed by atoms with van der Waals surface area (Å²) in [5, 5.41) is 0. The van der Waals surface area contributed by atoms with Gasteiger partial charge in [0.15, 0.2) is 0 Å². The minimum Gasteiger partial charge on any atom is -0.376 e. The average molecular weight is 295 g/mol. The van der Waals surface area contributed by atoms with Crippen molar-refractivity contribution in [3.8, 4) is 0 Å². The molecule has 4 nitrogen and oxygen atoms in total. The van der Waals surface area contributed by atoms with E-state index in [0.717, 1.165) is 29.8 Å². The standard InChI is InChI=1S/C15H19ClN2O2/c1-11-3-2-4-13-15(11)17-14(5-6-16)18(13)9-12-10-19-7-8-20-12/h2-4,12H,5-10H2,1H3. The lowest BCUT2D eigenvalue weighted by molar-refractivity contribution is -0.0934. The van der Waals surface area contributed by atoms with Gasteiger partial charge in [0.25, 0.3) is 0 Å². The lowest BCUT2D eigenvalue weighted by Gasteiger charge is -2.24. The van der Waals surface area contributed by atoms with Crippen LogP contribution in [0.15, 0.2) is 18.2 Å². The predicted molar refractivity (Wildman–Crippen MR) is 79.5 cm³/mol. The van der Waals surface area contributed by atoms with Crippen LogP contribution >= 0.6 is 11.6 Å². The number of aryl methyl sites for hydroxylation is 2. The molecule has 1 saturated heterocycles. The van der Waals surface area contributed by atoms with E-state index < -0.39 is 0 Å². The van der Waals surface area contributed by atoms with Gasteiger partial charge in [0.05, 0.1) is 43.5 Å². The van der Waals surface area contributed by atoms with Crippen LogP contribution in [0.1, 0.15) is 11.4 Å². The van der Waals surface area contributed by atoms with E-state index in [9.17, 15) is 0 Å². The molecule has 1 aromatic heterocycles. The van der Waals surface area contributed by atoms with E-state index in [2.05, 4.69) is 29.7 Å². The summed E-state index contributed by atoms with van der Waals surface area (Å²) in [6.45, 7) is 4.86. The van der Waals surface area contributed by atoms with Gasteiger partial charge < -0.3 is 14.0 Å². The number of aromatic nitrogens is 2. The summed E-state index contributed by atoms with van der Waals surface area (Å²) in [7, 11) is 0. The number of rotatable bonds is 4. The quantitative estimate of drug-likeness (QED) is 0.813. The summed E-state index contributed by atoms with van der Waals surface area (Å²) in [4.78, 5) is 4.75. The molecule has 1 atom stereocenters. The molecular weight excluding hydrogens is 276 g/mol. The van der Waals surface area contributed by atoms with Crippen molar-refractivity contribution >= 4 is 22.6 Å². The second kappa shape index (κ2) is 6.12. The van der Waals surface area contributed by atoms with Crippen molar-refractivity contribution < 1.29 is 9.47 Å². The average Bonchev–Trinajstić information content (AvgIpc) is 2.81. The Bertz CT molecular complexity index is 591. The number of hydrogen-bond acceptors (Lipinski definition) is 3. The van der Waals surface area contributed by atoms with Gasteiger partial charge >= 0.3 is 0 Å². The monoisotopic (exact) mass is 294 g/mol. The van der Waals surface area contributed by atoms with E-state index in [1.54, 1.807) is 0 Å². The minimum absolute atomic E-state index is 0.0933. The van der Waals surface area contributed by atoms with Crippen molar-refractivity contribution in [3.05, 3.63) is 29.6 Å². The SMILES string of the molecule is Cc1cccc2c1nc(CCCl)n2CC1COCCO1. The maximum absolute atomic E-state index is 5.91.